The number of rotatable bonds is 1. The predicted molar refractivity (Wildman–Crippen MR) is 52.7 cm³/mol. The zero-order valence-electron chi connectivity index (χ0n) is 7.88. The van der Waals surface area contributed by atoms with Crippen LogP contribution in [0.2, 0.25) is 0 Å². The molecule has 1 atom stereocenters. The maximum Gasteiger partial charge on any atom is 0.123 e. The van der Waals surface area contributed by atoms with E-state index in [4.69, 9.17) is 5.73 Å². The Balaban J connectivity index is 2.56. The van der Waals surface area contributed by atoms with Gasteiger partial charge in [0.05, 0.1) is 0 Å². The number of hydrogen-bond donors (Lipinski definition) is 2. The molecule has 2 nitrogen and oxygen atoms in total. The summed E-state index contributed by atoms with van der Waals surface area (Å²) in [6, 6.07) is 4.15. The van der Waals surface area contributed by atoms with Crippen molar-refractivity contribution in [1.29, 1.82) is 0 Å². The van der Waals surface area contributed by atoms with Gasteiger partial charge in [-0.1, -0.05) is 19.1 Å². The third-order valence-electron chi connectivity index (χ3n) is 2.87. The highest BCUT2D eigenvalue weighted by atomic mass is 16.3. The Morgan fingerprint density at radius 2 is 2.31 bits per heavy atom. The quantitative estimate of drug-likeness (QED) is 0.688. The lowest BCUT2D eigenvalue weighted by molar-refractivity contribution is 0.457. The zero-order valence-corrected chi connectivity index (χ0v) is 7.88. The molecule has 2 heteroatoms. The fraction of sp³-hybridized carbons (Fsp3) is 0.455. The summed E-state index contributed by atoms with van der Waals surface area (Å²) in [5.74, 6) is 0.435. The Labute approximate surface area is 78.4 Å². The first-order valence-corrected chi connectivity index (χ1v) is 4.83. The lowest BCUT2D eigenvalue weighted by atomic mass is 10.0. The topological polar surface area (TPSA) is 46.2 Å². The summed E-state index contributed by atoms with van der Waals surface area (Å²) in [5.41, 5.74) is 9.13. The smallest absolute Gasteiger partial charge is 0.123 e. The number of hydrogen-bond acceptors (Lipinski definition) is 2. The lowest BCUT2D eigenvalue weighted by Crippen LogP contribution is -2.06. The maximum absolute atomic E-state index is 9.90. The highest BCUT2D eigenvalue weighted by Gasteiger charge is 2.23. The molecule has 1 aromatic carbocycles. The SMILES string of the molecule is CCc1ccc2c(c1O)[C@@H](N)CC2. The fourth-order valence-electron chi connectivity index (χ4n) is 2.07. The number of aromatic hydroxyl groups is 1. The van der Waals surface area contributed by atoms with Crippen LogP contribution in [0.1, 0.15) is 36.1 Å². The molecule has 0 fully saturated rings. The summed E-state index contributed by atoms with van der Waals surface area (Å²) >= 11 is 0. The van der Waals surface area contributed by atoms with Crippen LogP contribution in [0, 0.1) is 0 Å². The number of nitrogens with two attached hydrogens (primary N) is 1. The number of phenolic OH excluding ortho intramolecular Hbond substituents is 1. The van der Waals surface area contributed by atoms with Crippen molar-refractivity contribution in [1.82, 2.24) is 0 Å². The van der Waals surface area contributed by atoms with Crippen LogP contribution in [-0.4, -0.2) is 5.11 Å². The van der Waals surface area contributed by atoms with Gasteiger partial charge in [-0.25, -0.2) is 0 Å². The summed E-state index contributed by atoms with van der Waals surface area (Å²) in [7, 11) is 0. The number of benzene rings is 1. The minimum Gasteiger partial charge on any atom is -0.507 e. The Morgan fingerprint density at radius 1 is 1.54 bits per heavy atom. The summed E-state index contributed by atoms with van der Waals surface area (Å²) in [5, 5.41) is 9.90. The molecule has 0 unspecified atom stereocenters. The maximum atomic E-state index is 9.90. The van der Waals surface area contributed by atoms with E-state index in [1.54, 1.807) is 0 Å². The summed E-state index contributed by atoms with van der Waals surface area (Å²) in [6.45, 7) is 2.04. The van der Waals surface area contributed by atoms with Crippen molar-refractivity contribution in [2.45, 2.75) is 32.2 Å². The molecule has 0 saturated carbocycles. The van der Waals surface area contributed by atoms with Gasteiger partial charge in [-0.05, 0) is 30.4 Å². The van der Waals surface area contributed by atoms with E-state index >= 15 is 0 Å². The van der Waals surface area contributed by atoms with E-state index in [0.717, 1.165) is 30.4 Å². The minimum atomic E-state index is 0.0431. The molecule has 13 heavy (non-hydrogen) atoms. The van der Waals surface area contributed by atoms with Gasteiger partial charge in [0.25, 0.3) is 0 Å². The van der Waals surface area contributed by atoms with Crippen molar-refractivity contribution < 1.29 is 5.11 Å². The van der Waals surface area contributed by atoms with Crippen LogP contribution >= 0.6 is 0 Å². The number of phenols is 1. The van der Waals surface area contributed by atoms with Crippen LogP contribution in [0.4, 0.5) is 0 Å². The molecule has 0 saturated heterocycles. The second-order valence-electron chi connectivity index (χ2n) is 3.64. The molecule has 0 bridgehead atoms. The first-order chi connectivity index (χ1) is 6.24. The van der Waals surface area contributed by atoms with E-state index in [0.29, 0.717) is 5.75 Å². The molecule has 1 aromatic rings. The summed E-state index contributed by atoms with van der Waals surface area (Å²) < 4.78 is 0. The van der Waals surface area contributed by atoms with E-state index in [9.17, 15) is 5.11 Å². The van der Waals surface area contributed by atoms with Crippen molar-refractivity contribution in [3.63, 3.8) is 0 Å². The lowest BCUT2D eigenvalue weighted by Gasteiger charge is -2.10. The average molecular weight is 177 g/mol. The molecule has 2 rings (SSSR count). The molecule has 0 aliphatic heterocycles. The van der Waals surface area contributed by atoms with E-state index in [1.165, 1.54) is 5.56 Å². The van der Waals surface area contributed by atoms with Gasteiger partial charge in [-0.15, -0.1) is 0 Å². The van der Waals surface area contributed by atoms with Gasteiger partial charge < -0.3 is 10.8 Å². The minimum absolute atomic E-state index is 0.0431. The second-order valence-corrected chi connectivity index (χ2v) is 3.64. The van der Waals surface area contributed by atoms with E-state index < -0.39 is 0 Å². The molecule has 0 radical (unpaired) electrons. The third kappa shape index (κ3) is 1.22. The monoisotopic (exact) mass is 177 g/mol. The molecular weight excluding hydrogens is 162 g/mol. The zero-order chi connectivity index (χ0) is 9.42. The molecule has 70 valence electrons. The largest absolute Gasteiger partial charge is 0.507 e. The Bertz CT molecular complexity index is 333. The molecule has 3 N–H and O–H groups in total. The summed E-state index contributed by atoms with van der Waals surface area (Å²) in [6.07, 6.45) is 2.84. The van der Waals surface area contributed by atoms with Gasteiger partial charge in [-0.2, -0.15) is 0 Å². The van der Waals surface area contributed by atoms with Crippen LogP contribution in [0.5, 0.6) is 5.75 Å². The highest BCUT2D eigenvalue weighted by Crippen LogP contribution is 2.38. The van der Waals surface area contributed by atoms with Crippen molar-refractivity contribution in [3.05, 3.63) is 28.8 Å². The van der Waals surface area contributed by atoms with Gasteiger partial charge in [0.2, 0.25) is 0 Å². The van der Waals surface area contributed by atoms with E-state index in [-0.39, 0.29) is 6.04 Å². The molecule has 0 heterocycles. The van der Waals surface area contributed by atoms with Crippen LogP contribution in [-0.2, 0) is 12.8 Å². The van der Waals surface area contributed by atoms with E-state index in [1.807, 2.05) is 13.0 Å². The second kappa shape index (κ2) is 3.04. The van der Waals surface area contributed by atoms with Crippen LogP contribution < -0.4 is 5.73 Å². The molecule has 0 amide bonds. The van der Waals surface area contributed by atoms with Crippen LogP contribution in [0.15, 0.2) is 12.1 Å². The van der Waals surface area contributed by atoms with Crippen molar-refractivity contribution >= 4 is 0 Å². The third-order valence-corrected chi connectivity index (χ3v) is 2.87. The molecule has 1 aliphatic rings. The highest BCUT2D eigenvalue weighted by molar-refractivity contribution is 5.49. The van der Waals surface area contributed by atoms with Gasteiger partial charge in [0.15, 0.2) is 0 Å². The van der Waals surface area contributed by atoms with Crippen LogP contribution in [0.3, 0.4) is 0 Å². The fourth-order valence-corrected chi connectivity index (χ4v) is 2.07. The normalized spacial score (nSPS) is 20.3. The van der Waals surface area contributed by atoms with Gasteiger partial charge in [-0.3, -0.25) is 0 Å². The molecule has 0 spiro atoms. The predicted octanol–water partition coefficient (Wildman–Crippen LogP) is 1.90. The van der Waals surface area contributed by atoms with Gasteiger partial charge >= 0.3 is 0 Å². The van der Waals surface area contributed by atoms with Crippen molar-refractivity contribution in [2.24, 2.45) is 5.73 Å². The summed E-state index contributed by atoms with van der Waals surface area (Å²) in [4.78, 5) is 0. The Morgan fingerprint density at radius 3 is 3.00 bits per heavy atom. The number of aryl methyl sites for hydroxylation is 2. The molecule has 1 aliphatic carbocycles. The Kier molecular flexibility index (Phi) is 2.00. The molecule has 0 aromatic heterocycles. The average Bonchev–Trinajstić information content (AvgIpc) is 2.49. The van der Waals surface area contributed by atoms with Crippen molar-refractivity contribution in [3.8, 4) is 5.75 Å². The van der Waals surface area contributed by atoms with E-state index in [2.05, 4.69) is 6.07 Å². The van der Waals surface area contributed by atoms with Gasteiger partial charge in [0, 0.05) is 11.6 Å². The van der Waals surface area contributed by atoms with Crippen molar-refractivity contribution in [2.75, 3.05) is 0 Å². The van der Waals surface area contributed by atoms with Gasteiger partial charge in [0.1, 0.15) is 5.75 Å². The molecular formula is C11H15NO. The standard InChI is InChI=1S/C11H15NO/c1-2-7-3-4-8-5-6-9(12)10(8)11(7)13/h3-4,9,13H,2,5-6,12H2,1H3/t9-/m0/s1. The number of fused-ring (bicyclic) bond motifs is 1. The Hall–Kier alpha value is -1.02. The van der Waals surface area contributed by atoms with Crippen LogP contribution in [0.25, 0.3) is 0 Å². The first kappa shape index (κ1) is 8.57. The first-order valence-electron chi connectivity index (χ1n) is 4.83.